The molecule has 0 aromatic heterocycles. The van der Waals surface area contributed by atoms with Crippen LogP contribution in [-0.4, -0.2) is 147 Å². The number of nitrogens with zero attached hydrogens (tertiary/aromatic N) is 1. The summed E-state index contributed by atoms with van der Waals surface area (Å²) in [4.78, 5) is 137. The lowest BCUT2D eigenvalue weighted by Gasteiger charge is -2.30. The van der Waals surface area contributed by atoms with Crippen LogP contribution in [0.1, 0.15) is 107 Å². The van der Waals surface area contributed by atoms with Crippen molar-refractivity contribution in [2.45, 2.75) is 168 Å². The molecule has 0 saturated carbocycles. The Kier molecular flexibility index (Phi) is 27.6. The lowest BCUT2D eigenvalue weighted by Crippen LogP contribution is -2.62. The molecule has 1 rings (SSSR count). The first-order chi connectivity index (χ1) is 34.4. The van der Waals surface area contributed by atoms with Gasteiger partial charge in [-0.25, -0.2) is 4.79 Å². The number of aliphatic imine (C=N–C) groups is 1. The van der Waals surface area contributed by atoms with Crippen LogP contribution < -0.4 is 65.5 Å². The van der Waals surface area contributed by atoms with Crippen LogP contribution in [0.25, 0.3) is 0 Å². The van der Waals surface area contributed by atoms with E-state index in [-0.39, 0.29) is 49.9 Å². The molecule has 74 heavy (non-hydrogen) atoms. The van der Waals surface area contributed by atoms with Crippen molar-refractivity contribution in [3.63, 3.8) is 0 Å². The van der Waals surface area contributed by atoms with Gasteiger partial charge < -0.3 is 80.8 Å². The number of nitrogens with one attached hydrogen (secondary N) is 8. The van der Waals surface area contributed by atoms with Gasteiger partial charge in [0.2, 0.25) is 53.2 Å². The SMILES string of the molecule is CC(C)C[C@H](N)C(=O)N[C@H](C(=O)N[C@H](C(=O)N[C@@H](CCC(N)=O)C(=O)N[C@H](C(=O)N[C@@H](C)C(=O)N[C@@H](CCCN=C(N)N)C(=O)N[C@H](C(=O)N[C@@H](Cc1ccc(O)cc1)C(=O)O)C(C)C)C(C)C)C(C)C)[C@@H](C)O. The van der Waals surface area contributed by atoms with Gasteiger partial charge in [0.25, 0.3) is 0 Å². The molecule has 0 aliphatic rings. The number of hydrogen-bond donors (Lipinski definition) is 15. The number of phenolic OH excluding ortho intramolecular Hbond substituents is 1. The van der Waals surface area contributed by atoms with E-state index in [4.69, 9.17) is 22.9 Å². The summed E-state index contributed by atoms with van der Waals surface area (Å²) in [6.45, 7) is 15.8. The highest BCUT2D eigenvalue weighted by Gasteiger charge is 2.37. The Hall–Kier alpha value is -7.09. The highest BCUT2D eigenvalue weighted by molar-refractivity contribution is 5.98. The fourth-order valence-corrected chi connectivity index (χ4v) is 7.22. The number of carboxylic acids is 1. The standard InChI is InChI=1S/C48H81N13O13/c1-22(2)20-30(49)40(66)61-38(27(10)62)46(72)60-37(25(7)8)44(70)56-32(17-18-34(50)64)42(68)58-35(23(3)4)43(69)54-26(9)39(65)55-31(12-11-19-53-48(51)52)41(67)59-36(24(5)6)45(71)57-33(47(73)74)21-28-13-15-29(63)16-14-28/h13-16,22-27,30-33,35-38,62-63H,11-12,17-21,49H2,1-10H3,(H2,50,64)(H,54,69)(H,55,65)(H,56,70)(H,57,71)(H,58,68)(H,59,67)(H,60,72)(H,61,66)(H,73,74)(H4,51,52,53)/t26-,27+,30-,31-,32-,33-,35-,36-,37-,38-/m0/s1. The van der Waals surface area contributed by atoms with Crippen molar-refractivity contribution < 1.29 is 63.3 Å². The molecule has 1 aromatic rings. The molecule has 0 bridgehead atoms. The van der Waals surface area contributed by atoms with Gasteiger partial charge in [0.15, 0.2) is 5.96 Å². The molecule has 0 spiro atoms. The normalized spacial score (nSPS) is 15.4. The van der Waals surface area contributed by atoms with E-state index in [0.717, 1.165) is 0 Å². The summed E-state index contributed by atoms with van der Waals surface area (Å²) in [6, 6.07) is -6.43. The zero-order chi connectivity index (χ0) is 56.7. The van der Waals surface area contributed by atoms with Crippen molar-refractivity contribution in [3.05, 3.63) is 29.8 Å². The van der Waals surface area contributed by atoms with Crippen LogP contribution in [0.15, 0.2) is 29.3 Å². The van der Waals surface area contributed by atoms with Gasteiger partial charge in [-0.15, -0.1) is 0 Å². The first kappa shape index (κ1) is 64.9. The summed E-state index contributed by atoms with van der Waals surface area (Å²) in [5.41, 5.74) is 22.8. The number of nitrogens with two attached hydrogens (primary N) is 4. The number of aliphatic hydroxyl groups is 1. The smallest absolute Gasteiger partial charge is 0.326 e. The first-order valence-corrected chi connectivity index (χ1v) is 24.6. The van der Waals surface area contributed by atoms with E-state index < -0.39 is 144 Å². The maximum Gasteiger partial charge on any atom is 0.326 e. The number of benzene rings is 1. The number of phenols is 1. The number of carbonyl (C=O) groups excluding carboxylic acids is 9. The van der Waals surface area contributed by atoms with Gasteiger partial charge in [-0.3, -0.25) is 48.1 Å². The molecule has 0 aliphatic carbocycles. The molecular formula is C48H81N13O13. The summed E-state index contributed by atoms with van der Waals surface area (Å²) in [7, 11) is 0. The van der Waals surface area contributed by atoms with Gasteiger partial charge in [-0.1, -0.05) is 67.5 Å². The molecule has 1 aromatic carbocycles. The Labute approximate surface area is 431 Å². The van der Waals surface area contributed by atoms with Gasteiger partial charge in [0.1, 0.15) is 54.1 Å². The minimum absolute atomic E-state index is 0.0400. The van der Waals surface area contributed by atoms with Crippen molar-refractivity contribution in [1.82, 2.24) is 42.5 Å². The molecule has 0 saturated heterocycles. The molecule has 0 heterocycles. The van der Waals surface area contributed by atoms with E-state index in [0.29, 0.717) is 12.0 Å². The van der Waals surface area contributed by atoms with Crippen LogP contribution in [0, 0.1) is 23.7 Å². The summed E-state index contributed by atoms with van der Waals surface area (Å²) in [5, 5.41) is 50.0. The highest BCUT2D eigenvalue weighted by Crippen LogP contribution is 2.14. The molecule has 0 unspecified atom stereocenters. The van der Waals surface area contributed by atoms with Crippen LogP contribution in [-0.2, 0) is 54.4 Å². The van der Waals surface area contributed by atoms with Gasteiger partial charge in [0, 0.05) is 19.4 Å². The van der Waals surface area contributed by atoms with Crippen molar-refractivity contribution in [2.24, 2.45) is 51.6 Å². The van der Waals surface area contributed by atoms with Crippen molar-refractivity contribution >= 4 is 65.1 Å². The lowest BCUT2D eigenvalue weighted by molar-refractivity contribution is -0.142. The largest absolute Gasteiger partial charge is 0.508 e. The Bertz CT molecular complexity index is 2110. The maximum atomic E-state index is 13.9. The number of aliphatic carboxylic acids is 1. The number of carbonyl (C=O) groups is 10. The molecule has 0 radical (unpaired) electrons. The monoisotopic (exact) mass is 1050 g/mol. The van der Waals surface area contributed by atoms with E-state index in [9.17, 15) is 63.3 Å². The summed E-state index contributed by atoms with van der Waals surface area (Å²) in [6.07, 6.45) is -1.94. The number of amides is 9. The van der Waals surface area contributed by atoms with Crippen molar-refractivity contribution in [3.8, 4) is 5.75 Å². The molecule has 26 heteroatoms. The number of hydrogen-bond acceptors (Lipinski definition) is 14. The molecule has 26 nitrogen and oxygen atoms in total. The average Bonchev–Trinajstić information content (AvgIpc) is 3.29. The number of carboxylic acid groups (broad SMARTS) is 1. The third-order valence-corrected chi connectivity index (χ3v) is 11.5. The van der Waals surface area contributed by atoms with Crippen LogP contribution in [0.2, 0.25) is 0 Å². The van der Waals surface area contributed by atoms with Crippen LogP contribution in [0.3, 0.4) is 0 Å². The Morgan fingerprint density at radius 3 is 1.39 bits per heavy atom. The van der Waals surface area contributed by atoms with Crippen LogP contribution in [0.4, 0.5) is 0 Å². The van der Waals surface area contributed by atoms with Crippen molar-refractivity contribution in [1.29, 1.82) is 0 Å². The fourth-order valence-electron chi connectivity index (χ4n) is 7.22. The van der Waals surface area contributed by atoms with Crippen LogP contribution >= 0.6 is 0 Å². The first-order valence-electron chi connectivity index (χ1n) is 24.6. The minimum atomic E-state index is -1.52. The molecule has 416 valence electrons. The third-order valence-electron chi connectivity index (χ3n) is 11.5. The predicted octanol–water partition coefficient (Wildman–Crippen LogP) is -3.04. The quantitative estimate of drug-likeness (QED) is 0.0194. The van der Waals surface area contributed by atoms with E-state index >= 15 is 0 Å². The number of aliphatic hydroxyl groups excluding tert-OH is 1. The van der Waals surface area contributed by atoms with Gasteiger partial charge in [0.05, 0.1) is 12.1 Å². The summed E-state index contributed by atoms with van der Waals surface area (Å²) < 4.78 is 0. The molecule has 0 aliphatic heterocycles. The van der Waals surface area contributed by atoms with Crippen molar-refractivity contribution in [2.75, 3.05) is 6.54 Å². The van der Waals surface area contributed by atoms with E-state index in [1.54, 1.807) is 41.5 Å². The zero-order valence-corrected chi connectivity index (χ0v) is 44.0. The molecule has 0 fully saturated rings. The van der Waals surface area contributed by atoms with E-state index in [1.807, 2.05) is 13.8 Å². The molecule has 19 N–H and O–H groups in total. The second-order valence-corrected chi connectivity index (χ2v) is 19.7. The zero-order valence-electron chi connectivity index (χ0n) is 44.0. The highest BCUT2D eigenvalue weighted by atomic mass is 16.4. The molecule has 10 atom stereocenters. The van der Waals surface area contributed by atoms with E-state index in [2.05, 4.69) is 47.5 Å². The number of rotatable bonds is 32. The third kappa shape index (κ3) is 23.2. The fraction of sp³-hybridized carbons (Fsp3) is 0.646. The Morgan fingerprint density at radius 1 is 0.541 bits per heavy atom. The molecule has 9 amide bonds. The summed E-state index contributed by atoms with van der Waals surface area (Å²) in [5.74, 6) is -11.1. The number of primary amides is 1. The predicted molar refractivity (Wildman–Crippen MR) is 273 cm³/mol. The topological polar surface area (TPSA) is 444 Å². The Morgan fingerprint density at radius 2 is 0.959 bits per heavy atom. The summed E-state index contributed by atoms with van der Waals surface area (Å²) >= 11 is 0. The van der Waals surface area contributed by atoms with Crippen LogP contribution in [0.5, 0.6) is 5.75 Å². The minimum Gasteiger partial charge on any atom is -0.508 e. The van der Waals surface area contributed by atoms with Gasteiger partial charge >= 0.3 is 5.97 Å². The maximum absolute atomic E-state index is 13.9. The lowest BCUT2D eigenvalue weighted by atomic mass is 9.99. The Balaban J connectivity index is 3.31. The average molecular weight is 1050 g/mol. The number of aromatic hydroxyl groups is 1. The number of guanidine groups is 1. The second kappa shape index (κ2) is 31.5. The van der Waals surface area contributed by atoms with Gasteiger partial charge in [-0.2, -0.15) is 0 Å². The van der Waals surface area contributed by atoms with E-state index in [1.165, 1.54) is 38.1 Å². The second-order valence-electron chi connectivity index (χ2n) is 19.7. The molecular weight excluding hydrogens is 967 g/mol. The van der Waals surface area contributed by atoms with Gasteiger partial charge in [-0.05, 0) is 80.9 Å².